The lowest BCUT2D eigenvalue weighted by Crippen LogP contribution is -2.25. The van der Waals surface area contributed by atoms with Gasteiger partial charge in [0.15, 0.2) is 5.58 Å². The van der Waals surface area contributed by atoms with Gasteiger partial charge < -0.3 is 14.3 Å². The van der Waals surface area contributed by atoms with Crippen LogP contribution in [0.15, 0.2) is 59.5 Å². The Labute approximate surface area is 128 Å². The molecule has 0 unspecified atom stereocenters. The van der Waals surface area contributed by atoms with E-state index in [0.717, 1.165) is 16.7 Å². The second-order valence-electron chi connectivity index (χ2n) is 4.92. The van der Waals surface area contributed by atoms with Gasteiger partial charge in [0.25, 0.3) is 5.91 Å². The average Bonchev–Trinajstić information content (AvgIpc) is 3.13. The van der Waals surface area contributed by atoms with Gasteiger partial charge >= 0.3 is 0 Å². The zero-order valence-electron chi connectivity index (χ0n) is 12.3. The van der Waals surface area contributed by atoms with E-state index in [0.29, 0.717) is 18.8 Å². The summed E-state index contributed by atoms with van der Waals surface area (Å²) in [4.78, 5) is 16.4. The lowest BCUT2D eigenvalue weighted by atomic mass is 10.2. The van der Waals surface area contributed by atoms with Gasteiger partial charge in [-0.2, -0.15) is 0 Å². The number of aromatic nitrogens is 2. The van der Waals surface area contributed by atoms with Gasteiger partial charge in [-0.3, -0.25) is 9.78 Å². The highest BCUT2D eigenvalue weighted by Crippen LogP contribution is 2.21. The lowest BCUT2D eigenvalue weighted by molar-refractivity contribution is 0.0942. The molecule has 3 heterocycles. The number of carbonyl (C=O) groups excluding carboxylic acids is 1. The first-order valence-corrected chi connectivity index (χ1v) is 7.14. The molecule has 0 saturated heterocycles. The first kappa shape index (κ1) is 14.1. The number of allylic oxidation sites excluding steroid dienone is 2. The van der Waals surface area contributed by atoms with Crippen molar-refractivity contribution in [1.82, 2.24) is 14.9 Å². The van der Waals surface area contributed by atoms with E-state index in [-0.39, 0.29) is 5.91 Å². The molecule has 0 aliphatic heterocycles. The Morgan fingerprint density at radius 2 is 2.18 bits per heavy atom. The van der Waals surface area contributed by atoms with Gasteiger partial charge in [0.05, 0.1) is 11.8 Å². The standard InChI is InChI=1S/C17H17N3O2/c1-2-3-9-20-14-6-10-22-16(14)11-15(20)17(21)19-12-13-4-7-18-8-5-13/h2-8,10-11H,9,12H2,1H3,(H,19,21)/b3-2-. The van der Waals surface area contributed by atoms with Gasteiger partial charge in [0, 0.05) is 37.6 Å². The fourth-order valence-corrected chi connectivity index (χ4v) is 2.35. The van der Waals surface area contributed by atoms with Gasteiger partial charge in [-0.05, 0) is 24.6 Å². The normalized spacial score (nSPS) is 11.3. The minimum absolute atomic E-state index is 0.118. The molecule has 1 N–H and O–H groups in total. The minimum Gasteiger partial charge on any atom is -0.463 e. The highest BCUT2D eigenvalue weighted by Gasteiger charge is 2.16. The molecule has 5 heteroatoms. The second kappa shape index (κ2) is 6.30. The number of nitrogens with zero attached hydrogens (tertiary/aromatic N) is 2. The summed E-state index contributed by atoms with van der Waals surface area (Å²) in [6.45, 7) is 3.06. The summed E-state index contributed by atoms with van der Waals surface area (Å²) in [6, 6.07) is 7.41. The summed E-state index contributed by atoms with van der Waals surface area (Å²) in [5.74, 6) is -0.118. The number of furan rings is 1. The van der Waals surface area contributed by atoms with Crippen molar-refractivity contribution in [2.45, 2.75) is 20.0 Å². The van der Waals surface area contributed by atoms with E-state index in [1.54, 1.807) is 24.7 Å². The first-order valence-electron chi connectivity index (χ1n) is 7.14. The molecule has 0 bridgehead atoms. The Kier molecular flexibility index (Phi) is 4.05. The van der Waals surface area contributed by atoms with E-state index in [9.17, 15) is 4.79 Å². The summed E-state index contributed by atoms with van der Waals surface area (Å²) in [7, 11) is 0. The van der Waals surface area contributed by atoms with E-state index in [4.69, 9.17) is 4.42 Å². The van der Waals surface area contributed by atoms with Crippen LogP contribution in [0.1, 0.15) is 23.0 Å². The predicted molar refractivity (Wildman–Crippen MR) is 84.4 cm³/mol. The van der Waals surface area contributed by atoms with Crippen molar-refractivity contribution in [3.63, 3.8) is 0 Å². The largest absolute Gasteiger partial charge is 0.463 e. The maximum atomic E-state index is 12.5. The van der Waals surface area contributed by atoms with Crippen molar-refractivity contribution in [2.75, 3.05) is 0 Å². The number of fused-ring (bicyclic) bond motifs is 1. The predicted octanol–water partition coefficient (Wildman–Crippen LogP) is 3.14. The molecule has 0 aliphatic rings. The van der Waals surface area contributed by atoms with Crippen LogP contribution in [0, 0.1) is 0 Å². The molecule has 3 rings (SSSR count). The van der Waals surface area contributed by atoms with Crippen LogP contribution in [0.5, 0.6) is 0 Å². The number of hydrogen-bond acceptors (Lipinski definition) is 3. The number of pyridine rings is 1. The maximum Gasteiger partial charge on any atom is 0.268 e. The third-order valence-corrected chi connectivity index (χ3v) is 3.48. The summed E-state index contributed by atoms with van der Waals surface area (Å²) >= 11 is 0. The minimum atomic E-state index is -0.118. The Morgan fingerprint density at radius 1 is 1.36 bits per heavy atom. The van der Waals surface area contributed by atoms with Crippen molar-refractivity contribution < 1.29 is 9.21 Å². The van der Waals surface area contributed by atoms with E-state index in [1.165, 1.54) is 0 Å². The van der Waals surface area contributed by atoms with Crippen LogP contribution in [0.2, 0.25) is 0 Å². The summed E-state index contributed by atoms with van der Waals surface area (Å²) in [5.41, 5.74) is 3.26. The molecule has 0 fully saturated rings. The highest BCUT2D eigenvalue weighted by molar-refractivity contribution is 5.97. The number of rotatable bonds is 5. The van der Waals surface area contributed by atoms with E-state index >= 15 is 0 Å². The number of amides is 1. The molecule has 0 saturated carbocycles. The van der Waals surface area contributed by atoms with Gasteiger partial charge in [0.2, 0.25) is 0 Å². The quantitative estimate of drug-likeness (QED) is 0.736. The Balaban J connectivity index is 1.82. The zero-order chi connectivity index (χ0) is 15.4. The summed E-state index contributed by atoms with van der Waals surface area (Å²) in [6.07, 6.45) is 9.03. The van der Waals surface area contributed by atoms with E-state index < -0.39 is 0 Å². The molecule has 0 spiro atoms. The molecule has 3 aromatic heterocycles. The van der Waals surface area contributed by atoms with Crippen LogP contribution in [-0.4, -0.2) is 15.5 Å². The fourth-order valence-electron chi connectivity index (χ4n) is 2.35. The smallest absolute Gasteiger partial charge is 0.268 e. The van der Waals surface area contributed by atoms with Gasteiger partial charge in [-0.1, -0.05) is 12.2 Å². The first-order chi connectivity index (χ1) is 10.8. The fraction of sp³-hybridized carbons (Fsp3) is 0.176. The maximum absolute atomic E-state index is 12.5. The molecule has 0 aliphatic carbocycles. The third kappa shape index (κ3) is 2.79. The van der Waals surface area contributed by atoms with Crippen LogP contribution >= 0.6 is 0 Å². The van der Waals surface area contributed by atoms with Gasteiger partial charge in [-0.25, -0.2) is 0 Å². The molecular weight excluding hydrogens is 278 g/mol. The highest BCUT2D eigenvalue weighted by atomic mass is 16.3. The zero-order valence-corrected chi connectivity index (χ0v) is 12.3. The molecule has 3 aromatic rings. The molecule has 22 heavy (non-hydrogen) atoms. The monoisotopic (exact) mass is 295 g/mol. The van der Waals surface area contributed by atoms with Crippen LogP contribution in [0.4, 0.5) is 0 Å². The van der Waals surface area contributed by atoms with Crippen molar-refractivity contribution in [3.8, 4) is 0 Å². The third-order valence-electron chi connectivity index (χ3n) is 3.48. The van der Waals surface area contributed by atoms with Crippen molar-refractivity contribution >= 4 is 17.0 Å². The summed E-state index contributed by atoms with van der Waals surface area (Å²) in [5, 5.41) is 2.93. The van der Waals surface area contributed by atoms with Crippen LogP contribution in [-0.2, 0) is 13.1 Å². The van der Waals surface area contributed by atoms with Crippen molar-refractivity contribution in [1.29, 1.82) is 0 Å². The van der Waals surface area contributed by atoms with Crippen molar-refractivity contribution in [3.05, 3.63) is 66.3 Å². The van der Waals surface area contributed by atoms with Gasteiger partial charge in [0.1, 0.15) is 5.69 Å². The SMILES string of the molecule is C/C=C\Cn1c(C(=O)NCc2ccncc2)cc2occc21. The Hall–Kier alpha value is -2.82. The van der Waals surface area contributed by atoms with Crippen molar-refractivity contribution in [2.24, 2.45) is 0 Å². The van der Waals surface area contributed by atoms with Crippen LogP contribution < -0.4 is 5.32 Å². The number of carbonyl (C=O) groups is 1. The average molecular weight is 295 g/mol. The Morgan fingerprint density at radius 3 is 2.95 bits per heavy atom. The number of nitrogens with one attached hydrogen (secondary N) is 1. The molecule has 0 atom stereocenters. The van der Waals surface area contributed by atoms with Crippen LogP contribution in [0.3, 0.4) is 0 Å². The molecule has 1 amide bonds. The van der Waals surface area contributed by atoms with E-state index in [1.807, 2.05) is 41.8 Å². The van der Waals surface area contributed by atoms with Crippen LogP contribution in [0.25, 0.3) is 11.1 Å². The van der Waals surface area contributed by atoms with E-state index in [2.05, 4.69) is 10.3 Å². The molecule has 112 valence electrons. The molecule has 0 radical (unpaired) electrons. The summed E-state index contributed by atoms with van der Waals surface area (Å²) < 4.78 is 7.34. The molecule has 5 nitrogen and oxygen atoms in total. The second-order valence-corrected chi connectivity index (χ2v) is 4.92. The topological polar surface area (TPSA) is 60.1 Å². The Bertz CT molecular complexity index is 800. The number of hydrogen-bond donors (Lipinski definition) is 1. The van der Waals surface area contributed by atoms with Gasteiger partial charge in [-0.15, -0.1) is 0 Å². The molecule has 0 aromatic carbocycles. The lowest BCUT2D eigenvalue weighted by Gasteiger charge is -2.08. The molecular formula is C17H17N3O2.